The highest BCUT2D eigenvalue weighted by atomic mass is 32.2. The van der Waals surface area contributed by atoms with Gasteiger partial charge in [-0.15, -0.1) is 11.3 Å². The summed E-state index contributed by atoms with van der Waals surface area (Å²) in [6.07, 6.45) is 6.65. The van der Waals surface area contributed by atoms with Gasteiger partial charge in [-0.3, -0.25) is 4.79 Å². The maximum absolute atomic E-state index is 12.0. The summed E-state index contributed by atoms with van der Waals surface area (Å²) < 4.78 is 5.20. The van der Waals surface area contributed by atoms with Crippen molar-refractivity contribution in [1.82, 2.24) is 15.3 Å². The fraction of sp³-hybridized carbons (Fsp3) is 0.312. The molecule has 0 fully saturated rings. The summed E-state index contributed by atoms with van der Waals surface area (Å²) in [4.78, 5) is 23.3. The summed E-state index contributed by atoms with van der Waals surface area (Å²) in [5.41, 5.74) is 1.39. The number of thiophene rings is 1. The van der Waals surface area contributed by atoms with Crippen molar-refractivity contribution in [1.29, 1.82) is 0 Å². The van der Waals surface area contributed by atoms with Gasteiger partial charge in [-0.1, -0.05) is 11.8 Å². The highest BCUT2D eigenvalue weighted by Gasteiger charge is 2.21. The Hall–Kier alpha value is -1.86. The molecule has 0 aromatic carbocycles. The molecule has 3 aromatic heterocycles. The van der Waals surface area contributed by atoms with Crippen molar-refractivity contribution in [3.63, 3.8) is 0 Å². The third kappa shape index (κ3) is 2.98. The lowest BCUT2D eigenvalue weighted by atomic mass is 10.2. The first-order valence-electron chi connectivity index (χ1n) is 7.48. The number of thioether (sulfide) groups is 1. The summed E-state index contributed by atoms with van der Waals surface area (Å²) in [6.45, 7) is 0.416. The fourth-order valence-electron chi connectivity index (χ4n) is 2.79. The van der Waals surface area contributed by atoms with E-state index in [-0.39, 0.29) is 5.91 Å². The molecule has 7 heteroatoms. The number of furan rings is 1. The summed E-state index contributed by atoms with van der Waals surface area (Å²) >= 11 is 3.24. The van der Waals surface area contributed by atoms with Gasteiger partial charge >= 0.3 is 0 Å². The highest BCUT2D eigenvalue weighted by molar-refractivity contribution is 8.00. The van der Waals surface area contributed by atoms with E-state index in [1.807, 2.05) is 12.1 Å². The predicted molar refractivity (Wildman–Crippen MR) is 90.7 cm³/mol. The Morgan fingerprint density at radius 2 is 2.35 bits per heavy atom. The number of hydrogen-bond donors (Lipinski definition) is 1. The van der Waals surface area contributed by atoms with E-state index in [0.29, 0.717) is 12.3 Å². The number of rotatable bonds is 5. The standard InChI is InChI=1S/C16H15N3O2S2/c20-13(17-7-10-3-2-6-21-10)8-22-15-14-11-4-1-5-12(11)23-16(14)19-9-18-15/h2-3,6,9H,1,4-5,7-8H2,(H,17,20). The third-order valence-electron chi connectivity index (χ3n) is 3.85. The van der Waals surface area contributed by atoms with Crippen LogP contribution in [0.2, 0.25) is 0 Å². The number of amides is 1. The quantitative estimate of drug-likeness (QED) is 0.568. The number of aryl methyl sites for hydroxylation is 2. The van der Waals surface area contributed by atoms with Gasteiger partial charge in [-0.25, -0.2) is 9.97 Å². The summed E-state index contributed by atoms with van der Waals surface area (Å²) in [5.74, 6) is 1.07. The molecule has 0 aliphatic heterocycles. The van der Waals surface area contributed by atoms with E-state index >= 15 is 0 Å². The minimum absolute atomic E-state index is 0.0231. The zero-order valence-corrected chi connectivity index (χ0v) is 14.0. The van der Waals surface area contributed by atoms with Crippen LogP contribution < -0.4 is 5.32 Å². The van der Waals surface area contributed by atoms with Gasteiger partial charge in [-0.2, -0.15) is 0 Å². The largest absolute Gasteiger partial charge is 0.467 e. The fourth-order valence-corrected chi connectivity index (χ4v) is 4.94. The van der Waals surface area contributed by atoms with Crippen molar-refractivity contribution in [2.24, 2.45) is 0 Å². The smallest absolute Gasteiger partial charge is 0.230 e. The maximum atomic E-state index is 12.0. The summed E-state index contributed by atoms with van der Waals surface area (Å²) in [5, 5.41) is 4.94. The number of carbonyl (C=O) groups is 1. The van der Waals surface area contributed by atoms with Gasteiger partial charge in [0, 0.05) is 10.3 Å². The van der Waals surface area contributed by atoms with Crippen LogP contribution in [-0.2, 0) is 24.2 Å². The zero-order chi connectivity index (χ0) is 15.6. The number of hydrogen-bond acceptors (Lipinski definition) is 6. The lowest BCUT2D eigenvalue weighted by Gasteiger charge is -2.05. The molecule has 0 spiro atoms. The van der Waals surface area contributed by atoms with Crippen LogP contribution in [0.25, 0.3) is 10.2 Å². The first-order valence-corrected chi connectivity index (χ1v) is 9.28. The number of nitrogens with zero attached hydrogens (tertiary/aromatic N) is 2. The molecule has 1 aliphatic carbocycles. The van der Waals surface area contributed by atoms with E-state index < -0.39 is 0 Å². The molecule has 1 amide bonds. The lowest BCUT2D eigenvalue weighted by Crippen LogP contribution is -2.24. The molecule has 0 saturated carbocycles. The highest BCUT2D eigenvalue weighted by Crippen LogP contribution is 2.39. The predicted octanol–water partition coefficient (Wildman–Crippen LogP) is 3.18. The molecule has 23 heavy (non-hydrogen) atoms. The van der Waals surface area contributed by atoms with E-state index in [9.17, 15) is 4.79 Å². The number of fused-ring (bicyclic) bond motifs is 3. The van der Waals surface area contributed by atoms with Gasteiger partial charge in [0.05, 0.1) is 18.6 Å². The molecule has 0 saturated heterocycles. The van der Waals surface area contributed by atoms with Gasteiger partial charge in [0.1, 0.15) is 21.9 Å². The molecular weight excluding hydrogens is 330 g/mol. The third-order valence-corrected chi connectivity index (χ3v) is 6.04. The average Bonchev–Trinajstić information content (AvgIpc) is 3.26. The molecule has 4 rings (SSSR count). The first kappa shape index (κ1) is 14.7. The Morgan fingerprint density at radius 3 is 3.22 bits per heavy atom. The number of nitrogens with one attached hydrogen (secondary N) is 1. The van der Waals surface area contributed by atoms with Crippen molar-refractivity contribution in [2.75, 3.05) is 5.75 Å². The average molecular weight is 345 g/mol. The second kappa shape index (κ2) is 6.33. The second-order valence-electron chi connectivity index (χ2n) is 5.36. The monoisotopic (exact) mass is 345 g/mol. The summed E-state index contributed by atoms with van der Waals surface area (Å²) in [7, 11) is 0. The number of aromatic nitrogens is 2. The Bertz CT molecular complexity index is 843. The number of carbonyl (C=O) groups excluding carboxylic acids is 1. The second-order valence-corrected chi connectivity index (χ2v) is 7.41. The van der Waals surface area contributed by atoms with Gasteiger partial charge in [0.15, 0.2) is 0 Å². The molecule has 0 atom stereocenters. The van der Waals surface area contributed by atoms with Gasteiger partial charge in [0.2, 0.25) is 5.91 Å². The molecule has 3 heterocycles. The molecule has 3 aromatic rings. The van der Waals surface area contributed by atoms with Gasteiger partial charge in [0.25, 0.3) is 0 Å². The zero-order valence-electron chi connectivity index (χ0n) is 12.4. The Balaban J connectivity index is 1.44. The van der Waals surface area contributed by atoms with Crippen LogP contribution in [0.3, 0.4) is 0 Å². The molecule has 1 N–H and O–H groups in total. The van der Waals surface area contributed by atoms with Crippen LogP contribution in [0.1, 0.15) is 22.6 Å². The van der Waals surface area contributed by atoms with Crippen LogP contribution in [0.5, 0.6) is 0 Å². The maximum Gasteiger partial charge on any atom is 0.230 e. The Kier molecular flexibility index (Phi) is 4.05. The van der Waals surface area contributed by atoms with Crippen LogP contribution in [0, 0.1) is 0 Å². The van der Waals surface area contributed by atoms with Gasteiger partial charge in [-0.05, 0) is 37.0 Å². The van der Waals surface area contributed by atoms with E-state index in [4.69, 9.17) is 4.42 Å². The SMILES string of the molecule is O=C(CSc1ncnc2sc3c(c12)CCC3)NCc1ccco1. The van der Waals surface area contributed by atoms with E-state index in [2.05, 4.69) is 15.3 Å². The van der Waals surface area contributed by atoms with E-state index in [0.717, 1.165) is 33.8 Å². The van der Waals surface area contributed by atoms with Crippen molar-refractivity contribution < 1.29 is 9.21 Å². The van der Waals surface area contributed by atoms with Crippen LogP contribution in [0.15, 0.2) is 34.2 Å². The molecular formula is C16H15N3O2S2. The Morgan fingerprint density at radius 1 is 1.39 bits per heavy atom. The van der Waals surface area contributed by atoms with E-state index in [1.54, 1.807) is 23.9 Å². The topological polar surface area (TPSA) is 68.0 Å². The normalized spacial score (nSPS) is 13.4. The van der Waals surface area contributed by atoms with E-state index in [1.165, 1.54) is 28.6 Å². The van der Waals surface area contributed by atoms with Crippen molar-refractivity contribution >= 4 is 39.2 Å². The molecule has 0 bridgehead atoms. The van der Waals surface area contributed by atoms with Crippen LogP contribution in [-0.4, -0.2) is 21.6 Å². The first-order chi connectivity index (χ1) is 11.3. The van der Waals surface area contributed by atoms with Crippen molar-refractivity contribution in [2.45, 2.75) is 30.8 Å². The van der Waals surface area contributed by atoms with Crippen molar-refractivity contribution in [3.05, 3.63) is 40.9 Å². The molecule has 5 nitrogen and oxygen atoms in total. The molecule has 0 radical (unpaired) electrons. The van der Waals surface area contributed by atoms with Crippen LogP contribution >= 0.6 is 23.1 Å². The minimum Gasteiger partial charge on any atom is -0.467 e. The minimum atomic E-state index is -0.0231. The molecule has 0 unspecified atom stereocenters. The summed E-state index contributed by atoms with van der Waals surface area (Å²) in [6, 6.07) is 3.65. The molecule has 118 valence electrons. The van der Waals surface area contributed by atoms with Crippen LogP contribution in [0.4, 0.5) is 0 Å². The lowest BCUT2D eigenvalue weighted by molar-refractivity contribution is -0.118. The Labute approximate surface area is 141 Å². The van der Waals surface area contributed by atoms with Gasteiger partial charge < -0.3 is 9.73 Å². The van der Waals surface area contributed by atoms with Crippen molar-refractivity contribution in [3.8, 4) is 0 Å². The molecule has 1 aliphatic rings.